The number of oxime groups is 1. The molecule has 5 heteroatoms. The van der Waals surface area contributed by atoms with Crippen molar-refractivity contribution in [3.05, 3.63) is 17.5 Å². The van der Waals surface area contributed by atoms with Crippen LogP contribution in [0.5, 0.6) is 0 Å². The van der Waals surface area contributed by atoms with E-state index in [9.17, 15) is 4.79 Å². The van der Waals surface area contributed by atoms with Crippen LogP contribution in [0.4, 0.5) is 5.00 Å². The molecule has 1 heterocycles. The zero-order chi connectivity index (χ0) is 8.81. The molecule has 0 aliphatic carbocycles. The van der Waals surface area contributed by atoms with Gasteiger partial charge in [-0.05, 0) is 17.5 Å². The van der Waals surface area contributed by atoms with Gasteiger partial charge in [0, 0.05) is 0 Å². The molecule has 1 rings (SSSR count). The van der Waals surface area contributed by atoms with E-state index in [4.69, 9.17) is 0 Å². The molecular formula is C7H8N2O2S. The summed E-state index contributed by atoms with van der Waals surface area (Å²) in [5, 5.41) is 8.60. The van der Waals surface area contributed by atoms with Crippen LogP contribution in [0, 0.1) is 0 Å². The first-order valence-electron chi connectivity index (χ1n) is 3.24. The topological polar surface area (TPSA) is 50.7 Å². The maximum Gasteiger partial charge on any atom is 0.270 e. The Hall–Kier alpha value is -1.36. The highest BCUT2D eigenvalue weighted by Crippen LogP contribution is 2.13. The molecule has 64 valence electrons. The lowest BCUT2D eigenvalue weighted by Crippen LogP contribution is -2.11. The van der Waals surface area contributed by atoms with Crippen LogP contribution < -0.4 is 5.32 Å². The number of nitrogens with one attached hydrogen (secondary N) is 1. The van der Waals surface area contributed by atoms with Crippen LogP contribution in [0.25, 0.3) is 0 Å². The lowest BCUT2D eigenvalue weighted by molar-refractivity contribution is -0.110. The fourth-order valence-electron chi connectivity index (χ4n) is 0.604. The van der Waals surface area contributed by atoms with Gasteiger partial charge in [-0.1, -0.05) is 5.16 Å². The van der Waals surface area contributed by atoms with Gasteiger partial charge in [0.25, 0.3) is 5.91 Å². The standard InChI is InChI=1S/C7H8N2O2S/c1-11-8-5-6(10)9-7-3-2-4-12-7/h2-5H,1H3,(H,9,10)/b8-5-. The molecule has 1 N–H and O–H groups in total. The summed E-state index contributed by atoms with van der Waals surface area (Å²) in [4.78, 5) is 15.3. The Morgan fingerprint density at radius 3 is 3.25 bits per heavy atom. The maximum atomic E-state index is 10.9. The molecule has 1 aromatic rings. The van der Waals surface area contributed by atoms with E-state index in [0.717, 1.165) is 11.2 Å². The first kappa shape index (κ1) is 8.73. The second-order valence-corrected chi connectivity index (χ2v) is 2.83. The Labute approximate surface area is 73.8 Å². The van der Waals surface area contributed by atoms with Crippen molar-refractivity contribution in [1.82, 2.24) is 0 Å². The molecule has 0 bridgehead atoms. The van der Waals surface area contributed by atoms with E-state index in [2.05, 4.69) is 15.3 Å². The van der Waals surface area contributed by atoms with Gasteiger partial charge in [-0.15, -0.1) is 11.3 Å². The average molecular weight is 184 g/mol. The Balaban J connectivity index is 2.42. The summed E-state index contributed by atoms with van der Waals surface area (Å²) in [6, 6.07) is 3.66. The highest BCUT2D eigenvalue weighted by atomic mass is 32.1. The van der Waals surface area contributed by atoms with Crippen molar-refractivity contribution in [3.63, 3.8) is 0 Å². The maximum absolute atomic E-state index is 10.9. The molecule has 0 fully saturated rings. The van der Waals surface area contributed by atoms with Crippen molar-refractivity contribution in [2.45, 2.75) is 0 Å². The average Bonchev–Trinajstić information content (AvgIpc) is 2.53. The number of rotatable bonds is 3. The zero-order valence-corrected chi connectivity index (χ0v) is 7.30. The van der Waals surface area contributed by atoms with Crippen LogP contribution in [-0.2, 0) is 9.63 Å². The SMILES string of the molecule is CO/N=C\C(=O)Nc1cccs1. The van der Waals surface area contributed by atoms with Crippen molar-refractivity contribution >= 4 is 28.5 Å². The highest BCUT2D eigenvalue weighted by Gasteiger charge is 1.97. The second-order valence-electron chi connectivity index (χ2n) is 1.88. The molecular weight excluding hydrogens is 176 g/mol. The number of carbonyl (C=O) groups is 1. The Morgan fingerprint density at radius 1 is 1.83 bits per heavy atom. The van der Waals surface area contributed by atoms with Gasteiger partial charge in [0.05, 0.1) is 5.00 Å². The van der Waals surface area contributed by atoms with E-state index in [0.29, 0.717) is 0 Å². The third-order valence-electron chi connectivity index (χ3n) is 1.04. The number of anilines is 1. The predicted molar refractivity (Wildman–Crippen MR) is 48.4 cm³/mol. The van der Waals surface area contributed by atoms with Crippen LogP contribution >= 0.6 is 11.3 Å². The van der Waals surface area contributed by atoms with Crippen molar-refractivity contribution in [2.75, 3.05) is 12.4 Å². The van der Waals surface area contributed by atoms with Gasteiger partial charge in [-0.3, -0.25) is 4.79 Å². The smallest absolute Gasteiger partial charge is 0.270 e. The van der Waals surface area contributed by atoms with Crippen LogP contribution in [0.2, 0.25) is 0 Å². The summed E-state index contributed by atoms with van der Waals surface area (Å²) in [5.74, 6) is -0.292. The molecule has 0 spiro atoms. The fraction of sp³-hybridized carbons (Fsp3) is 0.143. The van der Waals surface area contributed by atoms with E-state index in [1.54, 1.807) is 0 Å². The largest absolute Gasteiger partial charge is 0.399 e. The van der Waals surface area contributed by atoms with Crippen molar-refractivity contribution < 1.29 is 9.63 Å². The van der Waals surface area contributed by atoms with Crippen molar-refractivity contribution in [3.8, 4) is 0 Å². The van der Waals surface area contributed by atoms with Gasteiger partial charge < -0.3 is 10.2 Å². The summed E-state index contributed by atoms with van der Waals surface area (Å²) >= 11 is 1.45. The molecule has 1 aromatic heterocycles. The minimum atomic E-state index is -0.292. The molecule has 0 aliphatic heterocycles. The molecule has 4 nitrogen and oxygen atoms in total. The number of thiophene rings is 1. The number of amides is 1. The normalized spacial score (nSPS) is 10.1. The molecule has 12 heavy (non-hydrogen) atoms. The van der Waals surface area contributed by atoms with Crippen LogP contribution in [0.15, 0.2) is 22.7 Å². The number of carbonyl (C=O) groups excluding carboxylic acids is 1. The van der Waals surface area contributed by atoms with Crippen molar-refractivity contribution in [1.29, 1.82) is 0 Å². The second kappa shape index (κ2) is 4.50. The fourth-order valence-corrected chi connectivity index (χ4v) is 1.22. The molecule has 0 unspecified atom stereocenters. The third-order valence-corrected chi connectivity index (χ3v) is 1.83. The van der Waals surface area contributed by atoms with E-state index in [1.807, 2.05) is 17.5 Å². The molecule has 0 aliphatic rings. The van der Waals surface area contributed by atoms with Gasteiger partial charge in [0.1, 0.15) is 13.3 Å². The lowest BCUT2D eigenvalue weighted by Gasteiger charge is -1.94. The minimum absolute atomic E-state index is 0.292. The Kier molecular flexibility index (Phi) is 3.28. The van der Waals surface area contributed by atoms with Gasteiger partial charge in [0.2, 0.25) is 0 Å². The number of hydrogen-bond donors (Lipinski definition) is 1. The highest BCUT2D eigenvalue weighted by molar-refractivity contribution is 7.14. The van der Waals surface area contributed by atoms with Gasteiger partial charge in [0.15, 0.2) is 0 Å². The molecule has 0 aromatic carbocycles. The summed E-state index contributed by atoms with van der Waals surface area (Å²) < 4.78 is 0. The summed E-state index contributed by atoms with van der Waals surface area (Å²) in [7, 11) is 1.38. The molecule has 1 amide bonds. The van der Waals surface area contributed by atoms with E-state index in [1.165, 1.54) is 18.4 Å². The van der Waals surface area contributed by atoms with Gasteiger partial charge >= 0.3 is 0 Å². The summed E-state index contributed by atoms with van der Waals surface area (Å²) in [5.41, 5.74) is 0. The van der Waals surface area contributed by atoms with Crippen LogP contribution in [-0.4, -0.2) is 19.2 Å². The van der Waals surface area contributed by atoms with Crippen molar-refractivity contribution in [2.24, 2.45) is 5.16 Å². The third kappa shape index (κ3) is 2.71. The molecule has 0 saturated heterocycles. The summed E-state index contributed by atoms with van der Waals surface area (Å²) in [6.07, 6.45) is 1.08. The predicted octanol–water partition coefficient (Wildman–Crippen LogP) is 1.32. The molecule has 0 atom stereocenters. The first-order valence-corrected chi connectivity index (χ1v) is 4.12. The Morgan fingerprint density at radius 2 is 2.67 bits per heavy atom. The number of nitrogens with zero attached hydrogens (tertiary/aromatic N) is 1. The Bertz CT molecular complexity index is 269. The minimum Gasteiger partial charge on any atom is -0.399 e. The first-order chi connectivity index (χ1) is 5.83. The quantitative estimate of drug-likeness (QED) is 0.569. The molecule has 0 radical (unpaired) electrons. The number of hydrogen-bond acceptors (Lipinski definition) is 4. The molecule has 0 saturated carbocycles. The van der Waals surface area contributed by atoms with Gasteiger partial charge in [-0.25, -0.2) is 0 Å². The van der Waals surface area contributed by atoms with E-state index >= 15 is 0 Å². The monoisotopic (exact) mass is 184 g/mol. The van der Waals surface area contributed by atoms with Crippen LogP contribution in [0.3, 0.4) is 0 Å². The van der Waals surface area contributed by atoms with Crippen LogP contribution in [0.1, 0.15) is 0 Å². The lowest BCUT2D eigenvalue weighted by atomic mass is 10.6. The zero-order valence-electron chi connectivity index (χ0n) is 6.48. The van der Waals surface area contributed by atoms with Gasteiger partial charge in [-0.2, -0.15) is 0 Å². The van der Waals surface area contributed by atoms with E-state index < -0.39 is 0 Å². The van der Waals surface area contributed by atoms with E-state index in [-0.39, 0.29) is 5.91 Å². The summed E-state index contributed by atoms with van der Waals surface area (Å²) in [6.45, 7) is 0.